The Balaban J connectivity index is 2.37. The van der Waals surface area contributed by atoms with Crippen molar-refractivity contribution in [1.29, 1.82) is 0 Å². The van der Waals surface area contributed by atoms with Crippen LogP contribution < -0.4 is 0 Å². The van der Waals surface area contributed by atoms with E-state index in [-0.39, 0.29) is 5.92 Å². The third-order valence-corrected chi connectivity index (χ3v) is 3.00. The van der Waals surface area contributed by atoms with Gasteiger partial charge in [0.25, 0.3) is 0 Å². The quantitative estimate of drug-likeness (QED) is 0.680. The van der Waals surface area contributed by atoms with Gasteiger partial charge in [0.1, 0.15) is 0 Å². The van der Waals surface area contributed by atoms with Gasteiger partial charge in [0.15, 0.2) is 0 Å². The van der Waals surface area contributed by atoms with Gasteiger partial charge in [-0.25, -0.2) is 0 Å². The lowest BCUT2D eigenvalue weighted by atomic mass is 9.96. The van der Waals surface area contributed by atoms with Gasteiger partial charge in [0.2, 0.25) is 5.91 Å². The molecule has 3 nitrogen and oxygen atoms in total. The molecule has 0 radical (unpaired) electrons. The highest BCUT2D eigenvalue weighted by Gasteiger charge is 2.25. The van der Waals surface area contributed by atoms with Crippen molar-refractivity contribution >= 4 is 5.91 Å². The van der Waals surface area contributed by atoms with Crippen molar-refractivity contribution in [3.05, 3.63) is 0 Å². The fourth-order valence-electron chi connectivity index (χ4n) is 2.01. The third-order valence-electron chi connectivity index (χ3n) is 3.00. The maximum atomic E-state index is 11.9. The summed E-state index contributed by atoms with van der Waals surface area (Å²) in [6, 6.07) is 0. The number of carbonyl (C=O) groups excluding carboxylic acids is 1. The van der Waals surface area contributed by atoms with Crippen molar-refractivity contribution in [3.63, 3.8) is 0 Å². The predicted octanol–water partition coefficient (Wildman–Crippen LogP) is 1.20. The molecule has 1 heterocycles. The second kappa shape index (κ2) is 5.35. The Bertz CT molecular complexity index is 186. The van der Waals surface area contributed by atoms with Crippen molar-refractivity contribution in [2.75, 3.05) is 33.7 Å². The summed E-state index contributed by atoms with van der Waals surface area (Å²) in [5.74, 6) is 0.628. The fraction of sp³-hybridized carbons (Fsp3) is 0.909. The summed E-state index contributed by atoms with van der Waals surface area (Å²) in [7, 11) is 4.04. The van der Waals surface area contributed by atoms with Crippen LogP contribution >= 0.6 is 0 Å². The average Bonchev–Trinajstić information content (AvgIpc) is 2.18. The summed E-state index contributed by atoms with van der Waals surface area (Å²) in [5.41, 5.74) is 0. The minimum absolute atomic E-state index is 0.280. The monoisotopic (exact) mass is 198 g/mol. The zero-order valence-corrected chi connectivity index (χ0v) is 9.62. The molecule has 1 saturated heterocycles. The van der Waals surface area contributed by atoms with Crippen LogP contribution in [0.15, 0.2) is 0 Å². The van der Waals surface area contributed by atoms with Gasteiger partial charge in [0, 0.05) is 19.5 Å². The summed E-state index contributed by atoms with van der Waals surface area (Å²) in [6.45, 7) is 5.14. The molecule has 0 aliphatic carbocycles. The van der Waals surface area contributed by atoms with Gasteiger partial charge in [0.05, 0.1) is 0 Å². The molecule has 0 atom stereocenters. The first kappa shape index (κ1) is 11.5. The molecule has 82 valence electrons. The van der Waals surface area contributed by atoms with Crippen LogP contribution in [-0.4, -0.2) is 49.4 Å². The Kier molecular flexibility index (Phi) is 4.39. The van der Waals surface area contributed by atoms with Gasteiger partial charge in [-0.3, -0.25) is 4.79 Å². The normalized spacial score (nSPS) is 19.6. The number of hydrogen-bond donors (Lipinski definition) is 0. The van der Waals surface area contributed by atoms with Gasteiger partial charge >= 0.3 is 0 Å². The van der Waals surface area contributed by atoms with Crippen molar-refractivity contribution in [3.8, 4) is 0 Å². The summed E-state index contributed by atoms with van der Waals surface area (Å²) in [5, 5.41) is 0. The number of likely N-dealkylation sites (tertiary alicyclic amines) is 1. The Hall–Kier alpha value is -0.570. The second-order valence-corrected chi connectivity index (χ2v) is 4.34. The van der Waals surface area contributed by atoms with Gasteiger partial charge in [-0.05, 0) is 39.4 Å². The molecule has 1 fully saturated rings. The Morgan fingerprint density at radius 2 is 2.00 bits per heavy atom. The molecular weight excluding hydrogens is 176 g/mol. The van der Waals surface area contributed by atoms with Crippen LogP contribution in [0.4, 0.5) is 0 Å². The largest absolute Gasteiger partial charge is 0.346 e. The van der Waals surface area contributed by atoms with Crippen molar-refractivity contribution in [1.82, 2.24) is 9.80 Å². The van der Waals surface area contributed by atoms with E-state index >= 15 is 0 Å². The van der Waals surface area contributed by atoms with Crippen molar-refractivity contribution < 1.29 is 4.79 Å². The van der Waals surface area contributed by atoms with Gasteiger partial charge < -0.3 is 9.80 Å². The van der Waals surface area contributed by atoms with E-state index in [0.717, 1.165) is 38.9 Å². The lowest BCUT2D eigenvalue weighted by molar-refractivity contribution is -0.135. The minimum atomic E-state index is 0.280. The summed E-state index contributed by atoms with van der Waals surface area (Å²) >= 11 is 0. The van der Waals surface area contributed by atoms with Crippen LogP contribution in [-0.2, 0) is 4.79 Å². The molecule has 1 rings (SSSR count). The summed E-state index contributed by atoms with van der Waals surface area (Å²) in [6.07, 6.45) is 3.11. The molecule has 1 aliphatic rings. The van der Waals surface area contributed by atoms with Gasteiger partial charge in [-0.2, -0.15) is 0 Å². The topological polar surface area (TPSA) is 23.6 Å². The number of hydrogen-bond acceptors (Lipinski definition) is 2. The third kappa shape index (κ3) is 2.98. The highest BCUT2D eigenvalue weighted by Crippen LogP contribution is 2.18. The molecule has 14 heavy (non-hydrogen) atoms. The fourth-order valence-corrected chi connectivity index (χ4v) is 2.01. The summed E-state index contributed by atoms with van der Waals surface area (Å²) in [4.78, 5) is 16.1. The van der Waals surface area contributed by atoms with Crippen molar-refractivity contribution in [2.24, 2.45) is 5.92 Å². The first-order valence-electron chi connectivity index (χ1n) is 5.58. The van der Waals surface area contributed by atoms with Gasteiger partial charge in [-0.1, -0.05) is 6.92 Å². The Labute approximate surface area is 87.1 Å². The number of carbonyl (C=O) groups is 1. The van der Waals surface area contributed by atoms with Gasteiger partial charge in [-0.15, -0.1) is 0 Å². The zero-order chi connectivity index (χ0) is 10.6. The second-order valence-electron chi connectivity index (χ2n) is 4.34. The predicted molar refractivity (Wildman–Crippen MR) is 58.1 cm³/mol. The van der Waals surface area contributed by atoms with Crippen LogP contribution in [0.1, 0.15) is 26.2 Å². The average molecular weight is 198 g/mol. The van der Waals surface area contributed by atoms with Crippen LogP contribution in [0.2, 0.25) is 0 Å². The maximum absolute atomic E-state index is 11.9. The highest BCUT2D eigenvalue weighted by atomic mass is 16.2. The summed E-state index contributed by atoms with van der Waals surface area (Å²) < 4.78 is 0. The first-order valence-corrected chi connectivity index (χ1v) is 5.58. The number of nitrogens with zero attached hydrogens (tertiary/aromatic N) is 2. The zero-order valence-electron chi connectivity index (χ0n) is 9.62. The van der Waals surface area contributed by atoms with E-state index in [1.807, 2.05) is 11.9 Å². The molecule has 3 heteroatoms. The molecule has 0 aromatic heterocycles. The van der Waals surface area contributed by atoms with E-state index in [0.29, 0.717) is 5.91 Å². The maximum Gasteiger partial charge on any atom is 0.225 e. The Morgan fingerprint density at radius 1 is 1.43 bits per heavy atom. The molecule has 0 aromatic rings. The molecule has 0 spiro atoms. The van der Waals surface area contributed by atoms with Crippen LogP contribution in [0, 0.1) is 5.92 Å². The molecule has 0 aromatic carbocycles. The van der Waals surface area contributed by atoms with E-state index < -0.39 is 0 Å². The minimum Gasteiger partial charge on any atom is -0.346 e. The van der Waals surface area contributed by atoms with Crippen LogP contribution in [0.5, 0.6) is 0 Å². The highest BCUT2D eigenvalue weighted by molar-refractivity contribution is 5.78. The molecule has 1 amide bonds. The lowest BCUT2D eigenvalue weighted by Crippen LogP contribution is -2.40. The molecule has 0 N–H and O–H groups in total. The van der Waals surface area contributed by atoms with E-state index in [4.69, 9.17) is 0 Å². The van der Waals surface area contributed by atoms with Crippen LogP contribution in [0.25, 0.3) is 0 Å². The number of amides is 1. The number of rotatable bonds is 3. The number of piperidine rings is 1. The molecular formula is C11H22N2O. The van der Waals surface area contributed by atoms with E-state index in [9.17, 15) is 4.79 Å². The van der Waals surface area contributed by atoms with E-state index in [2.05, 4.69) is 18.9 Å². The van der Waals surface area contributed by atoms with Crippen molar-refractivity contribution in [2.45, 2.75) is 26.2 Å². The first-order chi connectivity index (χ1) is 6.65. The molecule has 1 aliphatic heterocycles. The van der Waals surface area contributed by atoms with Crippen LogP contribution in [0.3, 0.4) is 0 Å². The Morgan fingerprint density at radius 3 is 2.50 bits per heavy atom. The molecule has 0 saturated carbocycles. The lowest BCUT2D eigenvalue weighted by Gasteiger charge is -2.30. The molecule has 0 unspecified atom stereocenters. The SMILES string of the molecule is CCCN(C)C(=O)C1CCN(C)CC1. The molecule has 0 bridgehead atoms. The van der Waals surface area contributed by atoms with E-state index in [1.165, 1.54) is 0 Å². The van der Waals surface area contributed by atoms with E-state index in [1.54, 1.807) is 0 Å². The smallest absolute Gasteiger partial charge is 0.225 e. The standard InChI is InChI=1S/C11H22N2O/c1-4-7-13(3)11(14)10-5-8-12(2)9-6-10/h10H,4-9H2,1-3H3.